The Bertz CT molecular complexity index is 1130. The van der Waals surface area contributed by atoms with Crippen LogP contribution in [0, 0.1) is 13.8 Å². The van der Waals surface area contributed by atoms with E-state index >= 15 is 0 Å². The van der Waals surface area contributed by atoms with Gasteiger partial charge in [-0.3, -0.25) is 14.4 Å². The van der Waals surface area contributed by atoms with E-state index in [1.807, 2.05) is 26.0 Å². The van der Waals surface area contributed by atoms with Gasteiger partial charge < -0.3 is 14.8 Å². The molecule has 3 aromatic rings. The highest BCUT2D eigenvalue weighted by Crippen LogP contribution is 2.25. The number of carbonyl (C=O) groups is 2. The van der Waals surface area contributed by atoms with Crippen LogP contribution in [0.15, 0.2) is 51.7 Å². The molecule has 0 aliphatic rings. The van der Waals surface area contributed by atoms with Crippen molar-refractivity contribution in [3.63, 3.8) is 0 Å². The van der Waals surface area contributed by atoms with Crippen LogP contribution in [-0.4, -0.2) is 23.5 Å². The Labute approximate surface area is 174 Å². The first-order valence-electron chi connectivity index (χ1n) is 10.0. The second-order valence-electron chi connectivity index (χ2n) is 7.47. The van der Waals surface area contributed by atoms with Gasteiger partial charge in [-0.1, -0.05) is 24.6 Å². The topological polar surface area (TPSA) is 96.6 Å². The number of nitrogens with one attached hydrogen (secondary N) is 1. The van der Waals surface area contributed by atoms with Gasteiger partial charge in [0.2, 0.25) is 0 Å². The number of amides is 1. The average molecular weight is 407 g/mol. The first-order chi connectivity index (χ1) is 14.3. The first kappa shape index (κ1) is 21.3. The summed E-state index contributed by atoms with van der Waals surface area (Å²) in [5.74, 6) is -0.525. The number of rotatable bonds is 8. The molecule has 2 N–H and O–H groups in total. The van der Waals surface area contributed by atoms with Gasteiger partial charge in [0.05, 0.1) is 5.39 Å². The van der Waals surface area contributed by atoms with Gasteiger partial charge in [0, 0.05) is 30.2 Å². The molecule has 0 atom stereocenters. The predicted octanol–water partition coefficient (Wildman–Crippen LogP) is 4.45. The number of carbonyl (C=O) groups excluding carboxylic acids is 1. The van der Waals surface area contributed by atoms with Crippen molar-refractivity contribution in [2.45, 2.75) is 39.5 Å². The lowest BCUT2D eigenvalue weighted by Gasteiger charge is -2.08. The lowest BCUT2D eigenvalue weighted by molar-refractivity contribution is -0.137. The van der Waals surface area contributed by atoms with Crippen LogP contribution in [0.25, 0.3) is 22.3 Å². The fraction of sp³-hybridized carbons (Fsp3) is 0.292. The molecule has 3 rings (SSSR count). The zero-order chi connectivity index (χ0) is 21.7. The maximum absolute atomic E-state index is 12.5. The smallest absolute Gasteiger partial charge is 0.303 e. The molecule has 0 saturated carbocycles. The van der Waals surface area contributed by atoms with Crippen molar-refractivity contribution in [2.75, 3.05) is 6.54 Å². The van der Waals surface area contributed by atoms with Gasteiger partial charge in [-0.15, -0.1) is 0 Å². The summed E-state index contributed by atoms with van der Waals surface area (Å²) < 4.78 is 5.99. The van der Waals surface area contributed by atoms with Crippen LogP contribution in [0.5, 0.6) is 0 Å². The molecule has 0 aliphatic carbocycles. The standard InChI is InChI=1S/C24H25NO5/c1-15-12-16(2)23-19(13-15)20(26)14-21(30-23)17-7-9-18(10-8-17)24(29)25-11-5-3-4-6-22(27)28/h7-10,12-14H,3-6,11H2,1-2H3,(H,25,29)(H,27,28). The third kappa shape index (κ3) is 5.14. The molecule has 0 unspecified atom stereocenters. The number of aryl methyl sites for hydroxylation is 2. The molecular formula is C24H25NO5. The molecule has 2 aromatic carbocycles. The van der Waals surface area contributed by atoms with Crippen molar-refractivity contribution >= 4 is 22.8 Å². The van der Waals surface area contributed by atoms with Crippen molar-refractivity contribution in [2.24, 2.45) is 0 Å². The predicted molar refractivity (Wildman–Crippen MR) is 116 cm³/mol. The second-order valence-corrected chi connectivity index (χ2v) is 7.47. The fourth-order valence-electron chi connectivity index (χ4n) is 3.42. The quantitative estimate of drug-likeness (QED) is 0.538. The molecule has 1 amide bonds. The fourth-order valence-corrected chi connectivity index (χ4v) is 3.42. The maximum atomic E-state index is 12.5. The van der Waals surface area contributed by atoms with Crippen LogP contribution in [0.1, 0.15) is 47.2 Å². The Morgan fingerprint density at radius 3 is 2.43 bits per heavy atom. The lowest BCUT2D eigenvalue weighted by atomic mass is 10.1. The van der Waals surface area contributed by atoms with E-state index in [1.165, 1.54) is 6.07 Å². The summed E-state index contributed by atoms with van der Waals surface area (Å²) in [6.45, 7) is 4.36. The highest BCUT2D eigenvalue weighted by molar-refractivity contribution is 5.94. The number of benzene rings is 2. The number of aliphatic carboxylic acids is 1. The van der Waals surface area contributed by atoms with E-state index in [1.54, 1.807) is 24.3 Å². The molecule has 0 radical (unpaired) electrons. The second kappa shape index (κ2) is 9.39. The van der Waals surface area contributed by atoms with Crippen molar-refractivity contribution in [3.05, 3.63) is 69.4 Å². The van der Waals surface area contributed by atoms with Crippen LogP contribution in [0.3, 0.4) is 0 Å². The zero-order valence-corrected chi connectivity index (χ0v) is 17.2. The number of unbranched alkanes of at least 4 members (excludes halogenated alkanes) is 2. The molecule has 156 valence electrons. The van der Waals surface area contributed by atoms with Crippen LogP contribution in [0.4, 0.5) is 0 Å². The molecule has 6 heteroatoms. The van der Waals surface area contributed by atoms with Crippen LogP contribution < -0.4 is 10.7 Å². The van der Waals surface area contributed by atoms with Gasteiger partial charge in [-0.05, 0) is 56.0 Å². The van der Waals surface area contributed by atoms with E-state index in [0.29, 0.717) is 35.3 Å². The number of carboxylic acids is 1. The molecule has 0 bridgehead atoms. The summed E-state index contributed by atoms with van der Waals surface area (Å²) in [7, 11) is 0. The summed E-state index contributed by atoms with van der Waals surface area (Å²) in [6, 6.07) is 12.2. The molecule has 30 heavy (non-hydrogen) atoms. The van der Waals surface area contributed by atoms with Crippen molar-refractivity contribution in [3.8, 4) is 11.3 Å². The molecule has 0 saturated heterocycles. The Morgan fingerprint density at radius 2 is 1.73 bits per heavy atom. The minimum atomic E-state index is -0.799. The average Bonchev–Trinajstić information content (AvgIpc) is 2.71. The third-order valence-corrected chi connectivity index (χ3v) is 4.94. The van der Waals surface area contributed by atoms with E-state index in [-0.39, 0.29) is 17.8 Å². The van der Waals surface area contributed by atoms with Crippen molar-refractivity contribution in [1.29, 1.82) is 0 Å². The Kier molecular flexibility index (Phi) is 6.67. The number of carboxylic acid groups (broad SMARTS) is 1. The Hall–Kier alpha value is -3.41. The zero-order valence-electron chi connectivity index (χ0n) is 17.2. The number of hydrogen-bond donors (Lipinski definition) is 2. The van der Waals surface area contributed by atoms with Gasteiger partial charge in [0.25, 0.3) is 5.91 Å². The normalized spacial score (nSPS) is 10.9. The lowest BCUT2D eigenvalue weighted by Crippen LogP contribution is -2.24. The molecule has 0 fully saturated rings. The summed E-state index contributed by atoms with van der Waals surface area (Å²) in [5.41, 5.74) is 3.63. The van der Waals surface area contributed by atoms with Crippen LogP contribution >= 0.6 is 0 Å². The van der Waals surface area contributed by atoms with E-state index in [0.717, 1.165) is 29.5 Å². The van der Waals surface area contributed by atoms with Gasteiger partial charge in [-0.2, -0.15) is 0 Å². The summed E-state index contributed by atoms with van der Waals surface area (Å²) in [6.07, 6.45) is 2.25. The van der Waals surface area contributed by atoms with Crippen LogP contribution in [-0.2, 0) is 4.79 Å². The van der Waals surface area contributed by atoms with E-state index in [2.05, 4.69) is 5.32 Å². The largest absolute Gasteiger partial charge is 0.481 e. The number of fused-ring (bicyclic) bond motifs is 1. The molecular weight excluding hydrogens is 382 g/mol. The highest BCUT2D eigenvalue weighted by atomic mass is 16.4. The monoisotopic (exact) mass is 407 g/mol. The van der Waals surface area contributed by atoms with Gasteiger partial charge in [-0.25, -0.2) is 0 Å². The van der Waals surface area contributed by atoms with Crippen molar-refractivity contribution < 1.29 is 19.1 Å². The van der Waals surface area contributed by atoms with E-state index in [4.69, 9.17) is 9.52 Å². The van der Waals surface area contributed by atoms with E-state index < -0.39 is 5.97 Å². The van der Waals surface area contributed by atoms with Gasteiger partial charge in [0.15, 0.2) is 5.43 Å². The Morgan fingerprint density at radius 1 is 1.00 bits per heavy atom. The molecule has 0 spiro atoms. The van der Waals surface area contributed by atoms with Gasteiger partial charge >= 0.3 is 5.97 Å². The summed E-state index contributed by atoms with van der Waals surface area (Å²) in [4.78, 5) is 35.3. The SMILES string of the molecule is Cc1cc(C)c2oc(-c3ccc(C(=O)NCCCCCC(=O)O)cc3)cc(=O)c2c1. The molecule has 0 aliphatic heterocycles. The maximum Gasteiger partial charge on any atom is 0.303 e. The minimum Gasteiger partial charge on any atom is -0.481 e. The first-order valence-corrected chi connectivity index (χ1v) is 10.0. The Balaban J connectivity index is 1.68. The molecule has 1 heterocycles. The number of hydrogen-bond acceptors (Lipinski definition) is 4. The minimum absolute atomic E-state index is 0.0947. The highest BCUT2D eigenvalue weighted by Gasteiger charge is 2.11. The van der Waals surface area contributed by atoms with E-state index in [9.17, 15) is 14.4 Å². The van der Waals surface area contributed by atoms with Gasteiger partial charge in [0.1, 0.15) is 11.3 Å². The summed E-state index contributed by atoms with van der Waals surface area (Å²) in [5, 5.41) is 12.0. The van der Waals surface area contributed by atoms with Crippen molar-refractivity contribution in [1.82, 2.24) is 5.32 Å². The molecule has 1 aromatic heterocycles. The summed E-state index contributed by atoms with van der Waals surface area (Å²) >= 11 is 0. The van der Waals surface area contributed by atoms with Crippen LogP contribution in [0.2, 0.25) is 0 Å². The molecule has 6 nitrogen and oxygen atoms in total. The third-order valence-electron chi connectivity index (χ3n) is 4.94.